The second kappa shape index (κ2) is 6.43. The van der Waals surface area contributed by atoms with Crippen molar-refractivity contribution in [2.24, 2.45) is 5.92 Å². The van der Waals surface area contributed by atoms with Crippen LogP contribution >= 0.6 is 0 Å². The lowest BCUT2D eigenvalue weighted by Gasteiger charge is -2.42. The number of aliphatic carboxylic acids is 1. The number of nitrogens with zero attached hydrogens (tertiary/aromatic N) is 2. The zero-order valence-electron chi connectivity index (χ0n) is 13.1. The van der Waals surface area contributed by atoms with E-state index < -0.39 is 12.0 Å². The molecule has 0 bridgehead atoms. The van der Waals surface area contributed by atoms with Gasteiger partial charge in [0.05, 0.1) is 0 Å². The number of carboxylic acids is 1. The van der Waals surface area contributed by atoms with Crippen LogP contribution in [0.3, 0.4) is 0 Å². The highest BCUT2D eigenvalue weighted by Gasteiger charge is 2.30. The molecule has 6 heteroatoms. The van der Waals surface area contributed by atoms with Crippen LogP contribution in [0.4, 0.5) is 4.79 Å². The quantitative estimate of drug-likeness (QED) is 0.818. The molecule has 2 amide bonds. The number of amides is 2. The molecule has 0 radical (unpaired) electrons. The fourth-order valence-corrected chi connectivity index (χ4v) is 2.32. The molecule has 0 aliphatic carbocycles. The smallest absolute Gasteiger partial charge is 0.326 e. The highest BCUT2D eigenvalue weighted by Crippen LogP contribution is 2.16. The summed E-state index contributed by atoms with van der Waals surface area (Å²) in [7, 11) is 0. The van der Waals surface area contributed by atoms with Gasteiger partial charge in [0, 0.05) is 31.7 Å². The number of nitrogens with one attached hydrogen (secondary N) is 1. The van der Waals surface area contributed by atoms with Gasteiger partial charge in [-0.25, -0.2) is 9.59 Å². The molecule has 0 aromatic carbocycles. The average Bonchev–Trinajstić information content (AvgIpc) is 2.34. The van der Waals surface area contributed by atoms with E-state index in [0.717, 1.165) is 13.1 Å². The van der Waals surface area contributed by atoms with Crippen molar-refractivity contribution in [2.45, 2.75) is 46.2 Å². The summed E-state index contributed by atoms with van der Waals surface area (Å²) in [6, 6.07) is -1.11. The van der Waals surface area contributed by atoms with E-state index in [2.05, 4.69) is 31.0 Å². The minimum atomic E-state index is -0.985. The van der Waals surface area contributed by atoms with Gasteiger partial charge < -0.3 is 15.3 Å². The topological polar surface area (TPSA) is 72.9 Å². The Morgan fingerprint density at radius 1 is 1.10 bits per heavy atom. The molecule has 20 heavy (non-hydrogen) atoms. The molecule has 2 N–H and O–H groups in total. The Morgan fingerprint density at radius 3 is 1.95 bits per heavy atom. The normalized spacial score (nSPS) is 19.0. The Bertz CT molecular complexity index is 355. The van der Waals surface area contributed by atoms with Crippen LogP contribution < -0.4 is 5.32 Å². The molecule has 0 aromatic heterocycles. The van der Waals surface area contributed by atoms with Gasteiger partial charge >= 0.3 is 12.0 Å². The van der Waals surface area contributed by atoms with Crippen LogP contribution in [0.2, 0.25) is 0 Å². The summed E-state index contributed by atoms with van der Waals surface area (Å²) in [6.07, 6.45) is 0. The van der Waals surface area contributed by atoms with Crippen LogP contribution in [-0.4, -0.2) is 64.7 Å². The molecule has 1 aliphatic heterocycles. The molecule has 0 spiro atoms. The minimum Gasteiger partial charge on any atom is -0.480 e. The van der Waals surface area contributed by atoms with Gasteiger partial charge in [-0.3, -0.25) is 4.90 Å². The van der Waals surface area contributed by atoms with E-state index in [1.54, 1.807) is 18.7 Å². The van der Waals surface area contributed by atoms with E-state index in [4.69, 9.17) is 5.11 Å². The number of hydrogen-bond donors (Lipinski definition) is 2. The van der Waals surface area contributed by atoms with Crippen molar-refractivity contribution in [3.63, 3.8) is 0 Å². The molecule has 1 aliphatic rings. The molecule has 6 nitrogen and oxygen atoms in total. The van der Waals surface area contributed by atoms with Crippen molar-refractivity contribution in [2.75, 3.05) is 26.2 Å². The Morgan fingerprint density at radius 2 is 1.60 bits per heavy atom. The highest BCUT2D eigenvalue weighted by molar-refractivity contribution is 5.82. The van der Waals surface area contributed by atoms with Gasteiger partial charge in [-0.15, -0.1) is 0 Å². The third kappa shape index (κ3) is 4.37. The molecule has 1 rings (SSSR count). The standard InChI is InChI=1S/C14H27N3O3/c1-10(2)11(12(18)19)15-13(20)16-6-8-17(9-7-16)14(3,4)5/h10-11H,6-9H2,1-5H3,(H,15,20)(H,18,19)/t11-/m0/s1. The van der Waals surface area contributed by atoms with Gasteiger partial charge in [0.2, 0.25) is 0 Å². The predicted molar refractivity (Wildman–Crippen MR) is 77.7 cm³/mol. The average molecular weight is 285 g/mol. The molecule has 0 aromatic rings. The second-order valence-electron chi connectivity index (χ2n) is 6.65. The largest absolute Gasteiger partial charge is 0.480 e. The first-order valence-corrected chi connectivity index (χ1v) is 7.16. The molecule has 0 unspecified atom stereocenters. The van der Waals surface area contributed by atoms with Crippen LogP contribution in [0.5, 0.6) is 0 Å². The van der Waals surface area contributed by atoms with Crippen molar-refractivity contribution >= 4 is 12.0 Å². The van der Waals surface area contributed by atoms with E-state index >= 15 is 0 Å². The second-order valence-corrected chi connectivity index (χ2v) is 6.65. The lowest BCUT2D eigenvalue weighted by molar-refractivity contribution is -0.140. The maximum Gasteiger partial charge on any atom is 0.326 e. The Hall–Kier alpha value is -1.30. The van der Waals surface area contributed by atoms with Crippen molar-refractivity contribution in [3.8, 4) is 0 Å². The number of carboxylic acid groups (broad SMARTS) is 1. The maximum absolute atomic E-state index is 12.1. The Kier molecular flexibility index (Phi) is 5.39. The first-order valence-electron chi connectivity index (χ1n) is 7.16. The summed E-state index contributed by atoms with van der Waals surface area (Å²) in [5, 5.41) is 11.7. The Balaban J connectivity index is 2.53. The van der Waals surface area contributed by atoms with Crippen molar-refractivity contribution in [1.82, 2.24) is 15.1 Å². The van der Waals surface area contributed by atoms with Gasteiger partial charge in [-0.1, -0.05) is 13.8 Å². The Labute approximate surface area is 121 Å². The zero-order valence-corrected chi connectivity index (χ0v) is 13.1. The molecular formula is C14H27N3O3. The molecule has 0 saturated carbocycles. The fraction of sp³-hybridized carbons (Fsp3) is 0.857. The molecular weight excluding hydrogens is 258 g/mol. The van der Waals surface area contributed by atoms with Crippen molar-refractivity contribution in [3.05, 3.63) is 0 Å². The summed E-state index contributed by atoms with van der Waals surface area (Å²) in [4.78, 5) is 27.2. The van der Waals surface area contributed by atoms with E-state index in [1.165, 1.54) is 0 Å². The van der Waals surface area contributed by atoms with E-state index in [0.29, 0.717) is 13.1 Å². The number of hydrogen-bond acceptors (Lipinski definition) is 3. The van der Waals surface area contributed by atoms with E-state index in [-0.39, 0.29) is 17.5 Å². The third-order valence-electron chi connectivity index (χ3n) is 3.73. The fourth-order valence-electron chi connectivity index (χ4n) is 2.32. The molecule has 1 heterocycles. The van der Waals surface area contributed by atoms with Crippen LogP contribution in [-0.2, 0) is 4.79 Å². The van der Waals surface area contributed by atoms with Gasteiger partial charge in [0.1, 0.15) is 6.04 Å². The number of carbonyl (C=O) groups excluding carboxylic acids is 1. The third-order valence-corrected chi connectivity index (χ3v) is 3.73. The summed E-state index contributed by atoms with van der Waals surface area (Å²) in [5.41, 5.74) is 0.101. The predicted octanol–water partition coefficient (Wildman–Crippen LogP) is 1.22. The molecule has 116 valence electrons. The highest BCUT2D eigenvalue weighted by atomic mass is 16.4. The molecule has 1 atom stereocenters. The first kappa shape index (κ1) is 16.8. The van der Waals surface area contributed by atoms with Gasteiger partial charge in [0.25, 0.3) is 0 Å². The number of piperazine rings is 1. The molecule has 1 fully saturated rings. The summed E-state index contributed by atoms with van der Waals surface area (Å²) < 4.78 is 0. The monoisotopic (exact) mass is 285 g/mol. The maximum atomic E-state index is 12.1. The van der Waals surface area contributed by atoms with Crippen molar-refractivity contribution in [1.29, 1.82) is 0 Å². The zero-order chi connectivity index (χ0) is 15.5. The van der Waals surface area contributed by atoms with Gasteiger partial charge in [-0.05, 0) is 26.7 Å². The number of carbonyl (C=O) groups is 2. The lowest BCUT2D eigenvalue weighted by atomic mass is 10.0. The van der Waals surface area contributed by atoms with Gasteiger partial charge in [0.15, 0.2) is 0 Å². The van der Waals surface area contributed by atoms with Gasteiger partial charge in [-0.2, -0.15) is 0 Å². The van der Waals surface area contributed by atoms with Crippen LogP contribution in [0, 0.1) is 5.92 Å². The summed E-state index contributed by atoms with van der Waals surface area (Å²) in [6.45, 7) is 12.9. The van der Waals surface area contributed by atoms with Crippen LogP contribution in [0.1, 0.15) is 34.6 Å². The number of rotatable bonds is 3. The first-order chi connectivity index (χ1) is 9.12. The minimum absolute atomic E-state index is 0.101. The van der Waals surface area contributed by atoms with Crippen molar-refractivity contribution < 1.29 is 14.7 Å². The van der Waals surface area contributed by atoms with Crippen LogP contribution in [0.15, 0.2) is 0 Å². The lowest BCUT2D eigenvalue weighted by Crippen LogP contribution is -2.58. The molecule has 1 saturated heterocycles. The number of urea groups is 1. The van der Waals surface area contributed by atoms with E-state index in [9.17, 15) is 9.59 Å². The van der Waals surface area contributed by atoms with E-state index in [1.807, 2.05) is 0 Å². The van der Waals surface area contributed by atoms with Crippen LogP contribution in [0.25, 0.3) is 0 Å². The SMILES string of the molecule is CC(C)[C@H](NC(=O)N1CCN(C(C)(C)C)CC1)C(=O)O. The summed E-state index contributed by atoms with van der Waals surface area (Å²) >= 11 is 0. The summed E-state index contributed by atoms with van der Waals surface area (Å²) in [5.74, 6) is -1.12.